The van der Waals surface area contributed by atoms with Crippen molar-refractivity contribution < 1.29 is 24.3 Å². The Morgan fingerprint density at radius 3 is 2.16 bits per heavy atom. The van der Waals surface area contributed by atoms with Crippen LogP contribution in [0.4, 0.5) is 0 Å². The summed E-state index contributed by atoms with van der Waals surface area (Å²) >= 11 is 5.61. The van der Waals surface area contributed by atoms with Crippen molar-refractivity contribution in [2.24, 2.45) is 5.73 Å². The van der Waals surface area contributed by atoms with Crippen LogP contribution in [-0.2, 0) is 25.6 Å². The Bertz CT molecular complexity index is 750. The Morgan fingerprint density at radius 1 is 1.03 bits per heavy atom. The third-order valence-electron chi connectivity index (χ3n) is 4.42. The summed E-state index contributed by atoms with van der Waals surface area (Å²) in [4.78, 5) is 48.5. The zero-order valence-electron chi connectivity index (χ0n) is 17.5. The molecular weight excluding hydrogens is 440 g/mol. The maximum atomic E-state index is 12.7. The lowest BCUT2D eigenvalue weighted by Crippen LogP contribution is -2.57. The fraction of sp³-hybridized carbons (Fsp3) is 0.500. The van der Waals surface area contributed by atoms with E-state index in [2.05, 4.69) is 28.6 Å². The lowest BCUT2D eigenvalue weighted by Gasteiger charge is -2.24. The summed E-state index contributed by atoms with van der Waals surface area (Å²) in [6, 6.07) is 5.34. The highest BCUT2D eigenvalue weighted by Crippen LogP contribution is 2.05. The molecule has 4 unspecified atom stereocenters. The van der Waals surface area contributed by atoms with Gasteiger partial charge in [-0.25, -0.2) is 0 Å². The molecule has 0 aliphatic rings. The van der Waals surface area contributed by atoms with E-state index < -0.39 is 47.9 Å². The van der Waals surface area contributed by atoms with Crippen molar-refractivity contribution in [3.05, 3.63) is 35.9 Å². The number of nitrogens with two attached hydrogens (primary N) is 1. The van der Waals surface area contributed by atoms with Gasteiger partial charge in [0.1, 0.15) is 18.1 Å². The van der Waals surface area contributed by atoms with Gasteiger partial charge in [0.15, 0.2) is 0 Å². The van der Waals surface area contributed by atoms with Crippen LogP contribution >= 0.6 is 24.4 Å². The Labute approximate surface area is 191 Å². The first-order valence-corrected chi connectivity index (χ1v) is 11.7. The third kappa shape index (κ3) is 9.62. The van der Waals surface area contributed by atoms with E-state index in [-0.39, 0.29) is 5.75 Å². The summed E-state index contributed by atoms with van der Waals surface area (Å²) in [5.41, 5.74) is 6.85. The van der Waals surface area contributed by atoms with Gasteiger partial charge in [-0.1, -0.05) is 30.3 Å². The molecule has 31 heavy (non-hydrogen) atoms. The van der Waals surface area contributed by atoms with E-state index in [1.807, 2.05) is 36.6 Å². The lowest BCUT2D eigenvalue weighted by molar-refractivity contribution is -0.141. The molecule has 0 bridgehead atoms. The summed E-state index contributed by atoms with van der Waals surface area (Å²) in [5, 5.41) is 16.5. The van der Waals surface area contributed by atoms with Crippen molar-refractivity contribution in [3.63, 3.8) is 0 Å². The number of thiol groups is 1. The largest absolute Gasteiger partial charge is 0.480 e. The van der Waals surface area contributed by atoms with E-state index >= 15 is 0 Å². The number of rotatable bonds is 13. The molecule has 11 heteroatoms. The third-order valence-corrected chi connectivity index (χ3v) is 5.43. The highest BCUT2D eigenvalue weighted by Gasteiger charge is 2.28. The molecule has 4 atom stereocenters. The first-order chi connectivity index (χ1) is 14.7. The molecule has 1 rings (SSSR count). The average Bonchev–Trinajstić information content (AvgIpc) is 2.74. The quantitative estimate of drug-likeness (QED) is 0.219. The van der Waals surface area contributed by atoms with E-state index in [1.165, 1.54) is 18.7 Å². The number of benzene rings is 1. The van der Waals surface area contributed by atoms with E-state index in [1.54, 1.807) is 0 Å². The number of carboxylic acids is 1. The number of nitrogens with one attached hydrogen (secondary N) is 3. The molecule has 0 fully saturated rings. The molecule has 0 radical (unpaired) electrons. The van der Waals surface area contributed by atoms with Crippen molar-refractivity contribution in [1.82, 2.24) is 16.0 Å². The number of carbonyl (C=O) groups excluding carboxylic acids is 3. The average molecular weight is 471 g/mol. The number of hydrogen-bond donors (Lipinski definition) is 6. The van der Waals surface area contributed by atoms with Gasteiger partial charge in [0.2, 0.25) is 17.7 Å². The molecule has 1 aromatic carbocycles. The Hall–Kier alpha value is -2.24. The van der Waals surface area contributed by atoms with Gasteiger partial charge >= 0.3 is 5.97 Å². The first-order valence-electron chi connectivity index (χ1n) is 9.72. The van der Waals surface area contributed by atoms with Crippen LogP contribution in [0.15, 0.2) is 30.3 Å². The van der Waals surface area contributed by atoms with Gasteiger partial charge in [0.05, 0.1) is 6.04 Å². The molecule has 0 aliphatic heterocycles. The summed E-state index contributed by atoms with van der Waals surface area (Å²) in [6.45, 7) is 1.33. The van der Waals surface area contributed by atoms with Crippen LogP contribution in [0.25, 0.3) is 0 Å². The fourth-order valence-corrected chi connectivity index (χ4v) is 3.31. The van der Waals surface area contributed by atoms with Gasteiger partial charge in [-0.3, -0.25) is 19.2 Å². The van der Waals surface area contributed by atoms with Crippen LogP contribution in [-0.4, -0.2) is 70.7 Å². The topological polar surface area (TPSA) is 151 Å². The van der Waals surface area contributed by atoms with Crippen LogP contribution in [0.1, 0.15) is 18.9 Å². The summed E-state index contributed by atoms with van der Waals surface area (Å²) in [6.07, 6.45) is 2.45. The predicted molar refractivity (Wildman–Crippen MR) is 124 cm³/mol. The minimum absolute atomic E-state index is 0.00196. The van der Waals surface area contributed by atoms with Crippen LogP contribution in [0, 0.1) is 0 Å². The molecule has 1 aromatic rings. The number of carbonyl (C=O) groups is 4. The predicted octanol–water partition coefficient (Wildman–Crippen LogP) is -0.202. The van der Waals surface area contributed by atoms with E-state index in [9.17, 15) is 19.2 Å². The van der Waals surface area contributed by atoms with Crippen LogP contribution in [0.2, 0.25) is 0 Å². The van der Waals surface area contributed by atoms with E-state index in [4.69, 9.17) is 10.8 Å². The monoisotopic (exact) mass is 470 g/mol. The molecule has 172 valence electrons. The van der Waals surface area contributed by atoms with Gasteiger partial charge in [0, 0.05) is 5.75 Å². The molecular formula is C20H30N4O5S2. The van der Waals surface area contributed by atoms with E-state index in [0.29, 0.717) is 18.6 Å². The molecule has 0 saturated carbocycles. The normalized spacial score (nSPS) is 14.6. The summed E-state index contributed by atoms with van der Waals surface area (Å²) < 4.78 is 0. The Morgan fingerprint density at radius 2 is 1.61 bits per heavy atom. The van der Waals surface area contributed by atoms with Crippen LogP contribution < -0.4 is 21.7 Å². The number of amides is 3. The van der Waals surface area contributed by atoms with Gasteiger partial charge in [-0.15, -0.1) is 0 Å². The second-order valence-corrected chi connectivity index (χ2v) is 8.30. The van der Waals surface area contributed by atoms with Crippen molar-refractivity contribution in [2.45, 2.75) is 43.9 Å². The Kier molecular flexibility index (Phi) is 12.1. The van der Waals surface area contributed by atoms with E-state index in [0.717, 1.165) is 5.56 Å². The molecule has 0 aliphatic carbocycles. The highest BCUT2D eigenvalue weighted by molar-refractivity contribution is 7.98. The molecule has 0 saturated heterocycles. The highest BCUT2D eigenvalue weighted by atomic mass is 32.2. The molecule has 0 aromatic heterocycles. The van der Waals surface area contributed by atoms with Gasteiger partial charge in [0.25, 0.3) is 0 Å². The van der Waals surface area contributed by atoms with Crippen molar-refractivity contribution >= 4 is 48.1 Å². The molecule has 6 N–H and O–H groups in total. The fourth-order valence-electron chi connectivity index (χ4n) is 2.59. The molecule has 0 spiro atoms. The molecule has 0 heterocycles. The van der Waals surface area contributed by atoms with Crippen molar-refractivity contribution in [3.8, 4) is 0 Å². The maximum Gasteiger partial charge on any atom is 0.325 e. The minimum atomic E-state index is -1.18. The molecule has 9 nitrogen and oxygen atoms in total. The van der Waals surface area contributed by atoms with Gasteiger partial charge in [-0.2, -0.15) is 24.4 Å². The van der Waals surface area contributed by atoms with Crippen LogP contribution in [0.5, 0.6) is 0 Å². The summed E-state index contributed by atoms with van der Waals surface area (Å²) in [5.74, 6) is -2.33. The lowest BCUT2D eigenvalue weighted by atomic mass is 10.1. The van der Waals surface area contributed by atoms with Gasteiger partial charge < -0.3 is 26.8 Å². The number of aliphatic carboxylic acids is 1. The number of carboxylic acid groups (broad SMARTS) is 1. The van der Waals surface area contributed by atoms with Crippen molar-refractivity contribution in [1.29, 1.82) is 0 Å². The number of thioether (sulfide) groups is 1. The molecule has 3 amide bonds. The standard InChI is InChI=1S/C20H30N4O5S2/c1-12(20(28)29)22-18(26)15(8-9-31-2)23-19(27)16(11-30)24-17(25)14(21)10-13-6-4-3-5-7-13/h3-7,12,14-16,30H,8-11,21H2,1-2H3,(H,22,26)(H,23,27)(H,24,25)(H,28,29). The first kappa shape index (κ1) is 26.8. The number of hydrogen-bond acceptors (Lipinski definition) is 7. The van der Waals surface area contributed by atoms with Crippen molar-refractivity contribution in [2.75, 3.05) is 17.8 Å². The SMILES string of the molecule is CSCCC(NC(=O)C(CS)NC(=O)C(N)Cc1ccccc1)C(=O)NC(C)C(=O)O. The van der Waals surface area contributed by atoms with Crippen LogP contribution in [0.3, 0.4) is 0 Å². The Balaban J connectivity index is 2.74. The van der Waals surface area contributed by atoms with Gasteiger partial charge in [-0.05, 0) is 37.3 Å². The smallest absolute Gasteiger partial charge is 0.325 e. The maximum absolute atomic E-state index is 12.7. The zero-order chi connectivity index (χ0) is 23.4. The minimum Gasteiger partial charge on any atom is -0.480 e. The second kappa shape index (κ2) is 13.9. The second-order valence-electron chi connectivity index (χ2n) is 6.95. The zero-order valence-corrected chi connectivity index (χ0v) is 19.2. The summed E-state index contributed by atoms with van der Waals surface area (Å²) in [7, 11) is 0.